The summed E-state index contributed by atoms with van der Waals surface area (Å²) in [4.78, 5) is 22.8. The van der Waals surface area contributed by atoms with Crippen molar-refractivity contribution in [2.75, 3.05) is 0 Å². The van der Waals surface area contributed by atoms with Gasteiger partial charge in [0.1, 0.15) is 12.2 Å². The molecule has 2 saturated carbocycles. The number of halogens is 2. The number of fused-ring (bicyclic) bond motifs is 1. The van der Waals surface area contributed by atoms with E-state index in [-0.39, 0.29) is 29.1 Å². The third-order valence-corrected chi connectivity index (χ3v) is 4.79. The Balaban J connectivity index is 1.87. The standard InChI is InChI=1S/C12H14F2O4/c1-12(2)5-3-4-6(12)10(15)17-7(4)8(5)18-11(16)9(13)14/h4-9H,3H2,1-2H3. The summed E-state index contributed by atoms with van der Waals surface area (Å²) in [6.45, 7) is 3.82. The zero-order valence-corrected chi connectivity index (χ0v) is 10.1. The Morgan fingerprint density at radius 2 is 2.17 bits per heavy atom. The molecule has 3 rings (SSSR count). The van der Waals surface area contributed by atoms with Crippen LogP contribution in [0.25, 0.3) is 0 Å². The van der Waals surface area contributed by atoms with Gasteiger partial charge in [-0.25, -0.2) is 4.79 Å². The molecule has 0 amide bonds. The predicted molar refractivity (Wildman–Crippen MR) is 54.6 cm³/mol. The van der Waals surface area contributed by atoms with Gasteiger partial charge in [-0.05, 0) is 11.8 Å². The zero-order valence-electron chi connectivity index (χ0n) is 10.1. The van der Waals surface area contributed by atoms with Gasteiger partial charge in [-0.1, -0.05) is 13.8 Å². The number of hydrogen-bond acceptors (Lipinski definition) is 4. The maximum Gasteiger partial charge on any atom is 0.374 e. The van der Waals surface area contributed by atoms with Crippen LogP contribution in [0.1, 0.15) is 20.3 Å². The minimum atomic E-state index is -3.14. The van der Waals surface area contributed by atoms with Crippen molar-refractivity contribution >= 4 is 11.9 Å². The second kappa shape index (κ2) is 3.42. The molecule has 0 aromatic carbocycles. The van der Waals surface area contributed by atoms with E-state index in [0.29, 0.717) is 6.42 Å². The molecule has 4 nitrogen and oxygen atoms in total. The van der Waals surface area contributed by atoms with Gasteiger partial charge < -0.3 is 9.47 Å². The second-order valence-electron chi connectivity index (χ2n) is 5.91. The monoisotopic (exact) mass is 260 g/mol. The van der Waals surface area contributed by atoms with Crippen molar-refractivity contribution in [2.45, 2.75) is 38.9 Å². The van der Waals surface area contributed by atoms with Crippen LogP contribution in [-0.2, 0) is 19.1 Å². The Kier molecular flexibility index (Phi) is 2.26. The van der Waals surface area contributed by atoms with Gasteiger partial charge >= 0.3 is 18.4 Å². The first-order valence-electron chi connectivity index (χ1n) is 6.03. The quantitative estimate of drug-likeness (QED) is 0.704. The van der Waals surface area contributed by atoms with Crippen LogP contribution >= 0.6 is 0 Å². The Bertz CT molecular complexity index is 420. The molecule has 1 aliphatic heterocycles. The van der Waals surface area contributed by atoms with Crippen molar-refractivity contribution in [1.82, 2.24) is 0 Å². The number of esters is 2. The molecular weight excluding hydrogens is 246 g/mol. The van der Waals surface area contributed by atoms with Gasteiger partial charge in [-0.15, -0.1) is 0 Å². The summed E-state index contributed by atoms with van der Waals surface area (Å²) in [6.07, 6.45) is -3.67. The van der Waals surface area contributed by atoms with E-state index in [0.717, 1.165) is 0 Å². The molecule has 18 heavy (non-hydrogen) atoms. The molecule has 0 N–H and O–H groups in total. The van der Waals surface area contributed by atoms with Gasteiger partial charge in [0.05, 0.1) is 5.92 Å². The fourth-order valence-corrected chi connectivity index (χ4v) is 4.04. The Labute approximate surface area is 103 Å². The highest BCUT2D eigenvalue weighted by Gasteiger charge is 2.71. The molecule has 0 radical (unpaired) electrons. The summed E-state index contributed by atoms with van der Waals surface area (Å²) in [5.74, 6) is -2.07. The molecule has 0 spiro atoms. The lowest BCUT2D eigenvalue weighted by Crippen LogP contribution is -2.45. The molecule has 1 saturated heterocycles. The minimum Gasteiger partial charge on any atom is -0.458 e. The van der Waals surface area contributed by atoms with Crippen LogP contribution in [0.3, 0.4) is 0 Å². The normalized spacial score (nSPS) is 43.4. The Hall–Kier alpha value is -1.20. The first-order chi connectivity index (χ1) is 8.34. The zero-order chi connectivity index (χ0) is 13.2. The highest BCUT2D eigenvalue weighted by atomic mass is 19.3. The van der Waals surface area contributed by atoms with E-state index >= 15 is 0 Å². The van der Waals surface area contributed by atoms with Crippen LogP contribution in [-0.4, -0.2) is 30.6 Å². The molecule has 6 heteroatoms. The van der Waals surface area contributed by atoms with Crippen molar-refractivity contribution in [2.24, 2.45) is 23.2 Å². The smallest absolute Gasteiger partial charge is 0.374 e. The van der Waals surface area contributed by atoms with Crippen molar-refractivity contribution in [3.05, 3.63) is 0 Å². The van der Waals surface area contributed by atoms with Gasteiger partial charge in [0.25, 0.3) is 0 Å². The molecule has 3 fully saturated rings. The van der Waals surface area contributed by atoms with Crippen LogP contribution in [0.2, 0.25) is 0 Å². The summed E-state index contributed by atoms with van der Waals surface area (Å²) in [5, 5.41) is 0. The van der Waals surface area contributed by atoms with E-state index in [1.807, 2.05) is 13.8 Å². The average molecular weight is 260 g/mol. The van der Waals surface area contributed by atoms with Crippen molar-refractivity contribution in [3.8, 4) is 0 Å². The summed E-state index contributed by atoms with van der Waals surface area (Å²) >= 11 is 0. The lowest BCUT2D eigenvalue weighted by Gasteiger charge is -2.37. The fraction of sp³-hybridized carbons (Fsp3) is 0.833. The molecule has 1 heterocycles. The van der Waals surface area contributed by atoms with E-state index in [9.17, 15) is 18.4 Å². The molecule has 100 valence electrons. The molecule has 0 aromatic rings. The summed E-state index contributed by atoms with van der Waals surface area (Å²) in [5.41, 5.74) is -0.359. The number of hydrogen-bond donors (Lipinski definition) is 0. The van der Waals surface area contributed by atoms with Gasteiger partial charge in [0.15, 0.2) is 0 Å². The Morgan fingerprint density at radius 3 is 2.78 bits per heavy atom. The van der Waals surface area contributed by atoms with Gasteiger partial charge in [-0.2, -0.15) is 8.78 Å². The second-order valence-corrected chi connectivity index (χ2v) is 5.91. The molecule has 3 aliphatic rings. The lowest BCUT2D eigenvalue weighted by atomic mass is 9.68. The highest BCUT2D eigenvalue weighted by Crippen LogP contribution is 2.64. The van der Waals surface area contributed by atoms with Crippen LogP contribution in [0, 0.1) is 23.2 Å². The number of carbonyl (C=O) groups excluding carboxylic acids is 2. The van der Waals surface area contributed by atoms with E-state index in [4.69, 9.17) is 9.47 Å². The van der Waals surface area contributed by atoms with Gasteiger partial charge in [-0.3, -0.25) is 4.79 Å². The number of alkyl halides is 2. The Morgan fingerprint density at radius 1 is 1.50 bits per heavy atom. The molecule has 0 aromatic heterocycles. The average Bonchev–Trinajstić information content (AvgIpc) is 2.81. The van der Waals surface area contributed by atoms with Crippen LogP contribution in [0.5, 0.6) is 0 Å². The van der Waals surface area contributed by atoms with Gasteiger partial charge in [0, 0.05) is 11.8 Å². The SMILES string of the molecule is CC1(C)C2CC3C(OC(=O)C31)C2OC(=O)C(F)F. The van der Waals surface area contributed by atoms with Crippen LogP contribution < -0.4 is 0 Å². The molecule has 2 aliphatic carbocycles. The van der Waals surface area contributed by atoms with E-state index in [1.165, 1.54) is 0 Å². The molecule has 5 atom stereocenters. The van der Waals surface area contributed by atoms with Crippen molar-refractivity contribution < 1.29 is 27.8 Å². The maximum atomic E-state index is 12.3. The first-order valence-corrected chi connectivity index (χ1v) is 6.03. The predicted octanol–water partition coefficient (Wildman–Crippen LogP) is 1.38. The van der Waals surface area contributed by atoms with Crippen molar-refractivity contribution in [1.29, 1.82) is 0 Å². The topological polar surface area (TPSA) is 52.6 Å². The number of rotatable bonds is 2. The van der Waals surface area contributed by atoms with Crippen LogP contribution in [0.4, 0.5) is 8.78 Å². The summed E-state index contributed by atoms with van der Waals surface area (Å²) in [7, 11) is 0. The number of ether oxygens (including phenoxy) is 2. The summed E-state index contributed by atoms with van der Waals surface area (Å²) in [6, 6.07) is 0. The van der Waals surface area contributed by atoms with Crippen molar-refractivity contribution in [3.63, 3.8) is 0 Å². The summed E-state index contributed by atoms with van der Waals surface area (Å²) < 4.78 is 34.6. The molecule has 5 unspecified atom stereocenters. The molecular formula is C12H14F2O4. The minimum absolute atomic E-state index is 0.00738. The van der Waals surface area contributed by atoms with E-state index in [2.05, 4.69) is 0 Å². The fourth-order valence-electron chi connectivity index (χ4n) is 4.04. The van der Waals surface area contributed by atoms with E-state index in [1.54, 1.807) is 0 Å². The third-order valence-electron chi connectivity index (χ3n) is 4.79. The first kappa shape index (κ1) is 11.9. The highest BCUT2D eigenvalue weighted by molar-refractivity contribution is 5.78. The van der Waals surface area contributed by atoms with Crippen LogP contribution in [0.15, 0.2) is 0 Å². The molecule has 2 bridgehead atoms. The maximum absolute atomic E-state index is 12.3. The van der Waals surface area contributed by atoms with E-state index < -0.39 is 24.6 Å². The van der Waals surface area contributed by atoms with Gasteiger partial charge in [0.2, 0.25) is 0 Å². The third kappa shape index (κ3) is 1.29. The number of carbonyl (C=O) groups is 2. The lowest BCUT2D eigenvalue weighted by molar-refractivity contribution is -0.174. The largest absolute Gasteiger partial charge is 0.458 e.